The van der Waals surface area contributed by atoms with Crippen LogP contribution in [0.3, 0.4) is 0 Å². The summed E-state index contributed by atoms with van der Waals surface area (Å²) in [7, 11) is 0. The van der Waals surface area contributed by atoms with Crippen LogP contribution < -0.4 is 15.4 Å². The normalized spacial score (nSPS) is 11.9. The van der Waals surface area contributed by atoms with E-state index in [1.54, 1.807) is 5.38 Å². The molecule has 0 saturated heterocycles. The van der Waals surface area contributed by atoms with Crippen molar-refractivity contribution in [2.45, 2.75) is 40.2 Å². The molecular weight excluding hydrogens is 350 g/mol. The van der Waals surface area contributed by atoms with Gasteiger partial charge in [0.1, 0.15) is 5.75 Å². The van der Waals surface area contributed by atoms with E-state index in [0.717, 1.165) is 11.3 Å². The molecule has 0 bridgehead atoms. The Kier molecular flexibility index (Phi) is 7.15. The van der Waals surface area contributed by atoms with Gasteiger partial charge in [0.25, 0.3) is 0 Å². The lowest BCUT2D eigenvalue weighted by atomic mass is 10.1. The molecule has 0 aliphatic carbocycles. The summed E-state index contributed by atoms with van der Waals surface area (Å²) in [6.45, 7) is 8.10. The Balaban J connectivity index is 1.91. The highest BCUT2D eigenvalue weighted by atomic mass is 32.1. The molecule has 2 rings (SSSR count). The summed E-state index contributed by atoms with van der Waals surface area (Å²) in [5.41, 5.74) is 1.62. The van der Waals surface area contributed by atoms with E-state index in [4.69, 9.17) is 4.74 Å². The quantitative estimate of drug-likeness (QED) is 0.739. The zero-order chi connectivity index (χ0) is 19.1. The Morgan fingerprint density at radius 1 is 1.27 bits per heavy atom. The lowest BCUT2D eigenvalue weighted by Gasteiger charge is -2.15. The van der Waals surface area contributed by atoms with E-state index in [9.17, 15) is 9.59 Å². The monoisotopic (exact) mass is 375 g/mol. The van der Waals surface area contributed by atoms with Crippen molar-refractivity contribution in [1.82, 2.24) is 10.3 Å². The minimum atomic E-state index is -0.137. The third-order valence-corrected chi connectivity index (χ3v) is 4.50. The van der Waals surface area contributed by atoms with Crippen molar-refractivity contribution in [1.29, 1.82) is 0 Å². The minimum absolute atomic E-state index is 0.0850. The number of rotatable bonds is 8. The number of thiazole rings is 1. The first-order valence-corrected chi connectivity index (χ1v) is 9.54. The molecule has 1 aromatic carbocycles. The number of hydrogen-bond donors (Lipinski definition) is 2. The van der Waals surface area contributed by atoms with Gasteiger partial charge in [0.15, 0.2) is 5.13 Å². The Labute approximate surface area is 158 Å². The van der Waals surface area contributed by atoms with Gasteiger partial charge in [0.2, 0.25) is 11.8 Å². The van der Waals surface area contributed by atoms with Crippen LogP contribution in [0.15, 0.2) is 29.6 Å². The summed E-state index contributed by atoms with van der Waals surface area (Å²) < 4.78 is 5.49. The van der Waals surface area contributed by atoms with E-state index in [1.165, 1.54) is 11.3 Å². The van der Waals surface area contributed by atoms with Gasteiger partial charge in [-0.25, -0.2) is 4.98 Å². The van der Waals surface area contributed by atoms with Crippen LogP contribution in [0.2, 0.25) is 0 Å². The van der Waals surface area contributed by atoms with Crippen LogP contribution in [-0.2, 0) is 16.0 Å². The Hall–Kier alpha value is -2.41. The molecule has 0 unspecified atom stereocenters. The number of hydrogen-bond acceptors (Lipinski definition) is 5. The molecule has 0 radical (unpaired) electrons. The van der Waals surface area contributed by atoms with Gasteiger partial charge in [-0.3, -0.25) is 9.59 Å². The van der Waals surface area contributed by atoms with Crippen molar-refractivity contribution in [2.24, 2.45) is 5.92 Å². The SMILES string of the molecule is CCOc1cccc([C@H](C)NC(=O)Cc2csc(NC(=O)C(C)C)n2)c1. The van der Waals surface area contributed by atoms with Crippen molar-refractivity contribution >= 4 is 28.3 Å². The Morgan fingerprint density at radius 3 is 2.73 bits per heavy atom. The maximum Gasteiger partial charge on any atom is 0.228 e. The highest BCUT2D eigenvalue weighted by molar-refractivity contribution is 7.13. The molecule has 2 amide bonds. The second-order valence-corrected chi connectivity index (χ2v) is 7.12. The van der Waals surface area contributed by atoms with Crippen LogP contribution in [0.4, 0.5) is 5.13 Å². The van der Waals surface area contributed by atoms with Crippen molar-refractivity contribution in [2.75, 3.05) is 11.9 Å². The number of amides is 2. The highest BCUT2D eigenvalue weighted by Crippen LogP contribution is 2.20. The van der Waals surface area contributed by atoms with Crippen LogP contribution in [0.25, 0.3) is 0 Å². The average Bonchev–Trinajstić information content (AvgIpc) is 3.02. The Bertz CT molecular complexity index is 758. The maximum atomic E-state index is 12.3. The highest BCUT2D eigenvalue weighted by Gasteiger charge is 2.14. The van der Waals surface area contributed by atoms with Gasteiger partial charge in [0.05, 0.1) is 24.8 Å². The van der Waals surface area contributed by atoms with Gasteiger partial charge in [-0.05, 0) is 31.5 Å². The largest absolute Gasteiger partial charge is 0.494 e. The number of benzene rings is 1. The molecule has 0 spiro atoms. The van der Waals surface area contributed by atoms with Crippen molar-refractivity contribution in [3.63, 3.8) is 0 Å². The van der Waals surface area contributed by atoms with Gasteiger partial charge >= 0.3 is 0 Å². The van der Waals surface area contributed by atoms with E-state index >= 15 is 0 Å². The predicted octanol–water partition coefficient (Wildman–Crippen LogP) is 3.56. The fraction of sp³-hybridized carbons (Fsp3) is 0.421. The molecular formula is C19H25N3O3S. The van der Waals surface area contributed by atoms with E-state index in [2.05, 4.69) is 15.6 Å². The summed E-state index contributed by atoms with van der Waals surface area (Å²) in [6.07, 6.45) is 0.170. The fourth-order valence-electron chi connectivity index (χ4n) is 2.28. The molecule has 0 saturated carbocycles. The Morgan fingerprint density at radius 2 is 2.04 bits per heavy atom. The smallest absolute Gasteiger partial charge is 0.228 e. The van der Waals surface area contributed by atoms with Crippen molar-refractivity contribution < 1.29 is 14.3 Å². The molecule has 1 heterocycles. The summed E-state index contributed by atoms with van der Waals surface area (Å²) in [4.78, 5) is 28.3. The summed E-state index contributed by atoms with van der Waals surface area (Å²) in [6, 6.07) is 7.55. The van der Waals surface area contributed by atoms with Crippen LogP contribution in [-0.4, -0.2) is 23.4 Å². The number of ether oxygens (including phenoxy) is 1. The maximum absolute atomic E-state index is 12.3. The first kappa shape index (κ1) is 19.9. The average molecular weight is 375 g/mol. The van der Waals surface area contributed by atoms with Crippen LogP contribution in [0.5, 0.6) is 5.75 Å². The number of anilines is 1. The molecule has 6 nitrogen and oxygen atoms in total. The standard InChI is InChI=1S/C19H25N3O3S/c1-5-25-16-8-6-7-14(9-16)13(4)20-17(23)10-15-11-26-19(21-15)22-18(24)12(2)3/h6-9,11-13H,5,10H2,1-4H3,(H,20,23)(H,21,22,24)/t13-/m0/s1. The van der Waals surface area contributed by atoms with Gasteiger partial charge in [-0.2, -0.15) is 0 Å². The van der Waals surface area contributed by atoms with Crippen LogP contribution >= 0.6 is 11.3 Å². The van der Waals surface area contributed by atoms with Gasteiger partial charge in [-0.1, -0.05) is 26.0 Å². The third kappa shape index (κ3) is 5.84. The number of carbonyl (C=O) groups is 2. The van der Waals surface area contributed by atoms with Gasteiger partial charge < -0.3 is 15.4 Å². The molecule has 2 aromatic rings. The predicted molar refractivity (Wildman–Crippen MR) is 103 cm³/mol. The molecule has 1 atom stereocenters. The second kappa shape index (κ2) is 9.33. The molecule has 1 aromatic heterocycles. The number of nitrogens with one attached hydrogen (secondary N) is 2. The van der Waals surface area contributed by atoms with E-state index in [1.807, 2.05) is 52.0 Å². The lowest BCUT2D eigenvalue weighted by molar-refractivity contribution is -0.121. The third-order valence-electron chi connectivity index (χ3n) is 3.69. The molecule has 140 valence electrons. The zero-order valence-electron chi connectivity index (χ0n) is 15.5. The van der Waals surface area contributed by atoms with E-state index in [-0.39, 0.29) is 30.2 Å². The molecule has 0 aliphatic rings. The molecule has 7 heteroatoms. The number of nitrogens with zero attached hydrogens (tertiary/aromatic N) is 1. The minimum Gasteiger partial charge on any atom is -0.494 e. The summed E-state index contributed by atoms with van der Waals surface area (Å²) in [5.74, 6) is 0.472. The van der Waals surface area contributed by atoms with Crippen molar-refractivity contribution in [3.8, 4) is 5.75 Å². The van der Waals surface area contributed by atoms with Crippen LogP contribution in [0.1, 0.15) is 45.0 Å². The molecule has 2 N–H and O–H groups in total. The van der Waals surface area contributed by atoms with Crippen molar-refractivity contribution in [3.05, 3.63) is 40.9 Å². The van der Waals surface area contributed by atoms with Gasteiger partial charge in [0, 0.05) is 11.3 Å². The lowest BCUT2D eigenvalue weighted by Crippen LogP contribution is -2.28. The van der Waals surface area contributed by atoms with Gasteiger partial charge in [-0.15, -0.1) is 11.3 Å². The molecule has 26 heavy (non-hydrogen) atoms. The van der Waals surface area contributed by atoms with E-state index in [0.29, 0.717) is 17.4 Å². The first-order chi connectivity index (χ1) is 12.4. The second-order valence-electron chi connectivity index (χ2n) is 6.26. The zero-order valence-corrected chi connectivity index (χ0v) is 16.4. The molecule has 0 aliphatic heterocycles. The topological polar surface area (TPSA) is 80.3 Å². The molecule has 0 fully saturated rings. The van der Waals surface area contributed by atoms with Crippen LogP contribution in [0, 0.1) is 5.92 Å². The first-order valence-electron chi connectivity index (χ1n) is 8.66. The van der Waals surface area contributed by atoms with E-state index < -0.39 is 0 Å². The number of aromatic nitrogens is 1. The summed E-state index contributed by atoms with van der Waals surface area (Å²) >= 11 is 1.32. The number of carbonyl (C=O) groups excluding carboxylic acids is 2. The fourth-order valence-corrected chi connectivity index (χ4v) is 2.99. The summed E-state index contributed by atoms with van der Waals surface area (Å²) in [5, 5.41) is 8.01.